The summed E-state index contributed by atoms with van der Waals surface area (Å²) in [5, 5.41) is 22.1. The van der Waals surface area contributed by atoms with Crippen molar-refractivity contribution in [1.82, 2.24) is 0 Å². The summed E-state index contributed by atoms with van der Waals surface area (Å²) in [5.74, 6) is -9.51. The number of rotatable bonds is 8. The van der Waals surface area contributed by atoms with Crippen LogP contribution in [-0.4, -0.2) is 34.6 Å². The van der Waals surface area contributed by atoms with Crippen molar-refractivity contribution in [1.29, 1.82) is 0 Å². The summed E-state index contributed by atoms with van der Waals surface area (Å²) in [6.45, 7) is 8.61. The van der Waals surface area contributed by atoms with Gasteiger partial charge in [-0.1, -0.05) is 38.2 Å². The average Bonchev–Trinajstić information content (AvgIpc) is 3.77. The van der Waals surface area contributed by atoms with Gasteiger partial charge in [-0.3, -0.25) is 5.32 Å². The van der Waals surface area contributed by atoms with E-state index in [9.17, 15) is 37.0 Å². The Morgan fingerprint density at radius 2 is 1.68 bits per heavy atom. The first-order valence-electron chi connectivity index (χ1n) is 15.8. The predicted octanol–water partition coefficient (Wildman–Crippen LogP) is 8.27. The second kappa shape index (κ2) is 12.9. The summed E-state index contributed by atoms with van der Waals surface area (Å²) in [6.07, 6.45) is 10.3. The van der Waals surface area contributed by atoms with Crippen molar-refractivity contribution >= 4 is 11.8 Å². The molecule has 0 radical (unpaired) electrons. The van der Waals surface area contributed by atoms with Crippen LogP contribution in [0.25, 0.3) is 0 Å². The monoisotopic (exact) mass is 623 g/mol. The van der Waals surface area contributed by atoms with Gasteiger partial charge in [0.05, 0.1) is 12.2 Å². The number of hydrogen-bond donors (Lipinski definition) is 3. The number of carbonyl (C=O) groups excluding carboxylic acids is 1. The third-order valence-corrected chi connectivity index (χ3v) is 10.7. The third-order valence-electron chi connectivity index (χ3n) is 10.7. The Morgan fingerprint density at radius 3 is 2.34 bits per heavy atom. The highest BCUT2D eigenvalue weighted by molar-refractivity contribution is 5.85. The van der Waals surface area contributed by atoms with Crippen molar-refractivity contribution in [3.05, 3.63) is 64.5 Å². The van der Waals surface area contributed by atoms with Crippen LogP contribution in [0, 0.1) is 58.2 Å². The van der Waals surface area contributed by atoms with Crippen molar-refractivity contribution in [2.45, 2.75) is 103 Å². The first kappa shape index (κ1) is 32.7. The largest absolute Gasteiger partial charge is 0.446 e. The minimum atomic E-state index is -2.29. The van der Waals surface area contributed by atoms with Gasteiger partial charge in [0.1, 0.15) is 11.8 Å². The highest BCUT2D eigenvalue weighted by Crippen LogP contribution is 2.60. The third kappa shape index (κ3) is 6.48. The fourth-order valence-electron chi connectivity index (χ4n) is 8.15. The van der Waals surface area contributed by atoms with Crippen LogP contribution in [0.2, 0.25) is 0 Å². The number of fused-ring (bicyclic) bond motifs is 1. The van der Waals surface area contributed by atoms with E-state index in [1.165, 1.54) is 5.57 Å². The maximum atomic E-state index is 14.1. The molecule has 4 aliphatic rings. The number of amides is 1. The molecule has 4 saturated carbocycles. The molecule has 3 N–H and O–H groups in total. The molecule has 5 rings (SSSR count). The molecular formula is C34H42F5NO4. The fraction of sp³-hybridized carbons (Fsp3) is 0.618. The Kier molecular flexibility index (Phi) is 9.61. The van der Waals surface area contributed by atoms with Crippen molar-refractivity contribution in [2.24, 2.45) is 29.1 Å². The van der Waals surface area contributed by atoms with Crippen molar-refractivity contribution in [3.8, 4) is 0 Å². The van der Waals surface area contributed by atoms with Gasteiger partial charge in [0.2, 0.25) is 5.82 Å². The summed E-state index contributed by atoms with van der Waals surface area (Å²) < 4.78 is 74.2. The van der Waals surface area contributed by atoms with Gasteiger partial charge < -0.3 is 14.9 Å². The lowest BCUT2D eigenvalue weighted by molar-refractivity contribution is 0.0665. The molecule has 5 nitrogen and oxygen atoms in total. The summed E-state index contributed by atoms with van der Waals surface area (Å²) in [5.41, 5.74) is 1.65. The van der Waals surface area contributed by atoms with Gasteiger partial charge in [-0.15, -0.1) is 0 Å². The molecule has 0 aromatic heterocycles. The standard InChI is InChI=1S/C34H42F5NO4/c1-17(6-13-26(20-8-9-20)44-33(43)40-32-30(38)28(36)27(35)29(37)31(32)39)23-11-12-24-19(5-4-14-34(23,24)3)7-10-21-15-22(41)16-25(42)18(21)2/h7,10,17,20,22-26,41-42H,2,4-6,8-9,11-16H2,1,3H3,(H,40,43)/t17-,22-,23-,24+,25+,26-,34-/m1/s1. The van der Waals surface area contributed by atoms with E-state index in [2.05, 4.69) is 26.5 Å². The molecule has 0 unspecified atom stereocenters. The number of benzene rings is 1. The van der Waals surface area contributed by atoms with Gasteiger partial charge in [-0.05, 0) is 104 Å². The molecule has 0 aliphatic heterocycles. The summed E-state index contributed by atoms with van der Waals surface area (Å²) in [7, 11) is 0. The SMILES string of the molecule is C=C1C(=CC=C2CCC[C@]3(C)[C@@H]([C@H](C)CC[C@@H](OC(=O)Nc4c(F)c(F)c(F)c(F)c4F)C4CC4)CC[C@@H]23)C[C@@H](O)C[C@@H]1O. The molecule has 0 bridgehead atoms. The maximum Gasteiger partial charge on any atom is 0.412 e. The van der Waals surface area contributed by atoms with Gasteiger partial charge >= 0.3 is 6.09 Å². The van der Waals surface area contributed by atoms with Crippen molar-refractivity contribution in [2.75, 3.05) is 5.32 Å². The van der Waals surface area contributed by atoms with Crippen LogP contribution < -0.4 is 5.32 Å². The van der Waals surface area contributed by atoms with Crippen LogP contribution in [0.1, 0.15) is 84.5 Å². The molecule has 0 heterocycles. The number of allylic oxidation sites excluding steroid dienone is 3. The first-order chi connectivity index (χ1) is 20.8. The summed E-state index contributed by atoms with van der Waals surface area (Å²) in [6, 6.07) is 0. The zero-order valence-corrected chi connectivity index (χ0v) is 25.3. The Balaban J connectivity index is 1.21. The number of anilines is 1. The number of ether oxygens (including phenoxy) is 1. The maximum absolute atomic E-state index is 14.1. The van der Waals surface area contributed by atoms with E-state index >= 15 is 0 Å². The van der Waals surface area contributed by atoms with Crippen LogP contribution in [0.3, 0.4) is 0 Å². The number of nitrogens with one attached hydrogen (secondary N) is 1. The Morgan fingerprint density at radius 1 is 1.02 bits per heavy atom. The zero-order valence-electron chi connectivity index (χ0n) is 25.3. The molecule has 4 fully saturated rings. The number of hydrogen-bond acceptors (Lipinski definition) is 4. The van der Waals surface area contributed by atoms with E-state index in [0.717, 1.165) is 56.9 Å². The van der Waals surface area contributed by atoms with E-state index in [4.69, 9.17) is 4.74 Å². The van der Waals surface area contributed by atoms with E-state index in [0.29, 0.717) is 42.6 Å². The molecule has 4 aliphatic carbocycles. The smallest absolute Gasteiger partial charge is 0.412 e. The molecule has 0 saturated heterocycles. The fourth-order valence-corrected chi connectivity index (χ4v) is 8.15. The second-order valence-electron chi connectivity index (χ2n) is 13.6. The van der Waals surface area contributed by atoms with E-state index in [1.807, 2.05) is 6.08 Å². The van der Waals surface area contributed by atoms with Gasteiger partial charge in [0.25, 0.3) is 0 Å². The lowest BCUT2D eigenvalue weighted by Crippen LogP contribution is -2.36. The van der Waals surface area contributed by atoms with Gasteiger partial charge in [0, 0.05) is 6.42 Å². The number of carbonyl (C=O) groups is 1. The Bertz CT molecular complexity index is 1330. The minimum Gasteiger partial charge on any atom is -0.446 e. The van der Waals surface area contributed by atoms with E-state index in [1.54, 1.807) is 5.32 Å². The van der Waals surface area contributed by atoms with Crippen LogP contribution in [-0.2, 0) is 4.74 Å². The van der Waals surface area contributed by atoms with Gasteiger partial charge in [-0.2, -0.15) is 0 Å². The molecule has 7 atom stereocenters. The first-order valence-corrected chi connectivity index (χ1v) is 15.8. The molecule has 10 heteroatoms. The van der Waals surface area contributed by atoms with Crippen LogP contribution in [0.5, 0.6) is 0 Å². The molecule has 1 amide bonds. The highest BCUT2D eigenvalue weighted by Gasteiger charge is 2.50. The van der Waals surface area contributed by atoms with Gasteiger partial charge in [-0.25, -0.2) is 26.7 Å². The normalized spacial score (nSPS) is 32.1. The predicted molar refractivity (Wildman–Crippen MR) is 156 cm³/mol. The van der Waals surface area contributed by atoms with E-state index < -0.39 is 59.2 Å². The molecular weight excluding hydrogens is 581 g/mol. The van der Waals surface area contributed by atoms with Gasteiger partial charge in [0.15, 0.2) is 23.3 Å². The number of aliphatic hydroxyl groups excluding tert-OH is 2. The van der Waals surface area contributed by atoms with Crippen molar-refractivity contribution in [3.63, 3.8) is 0 Å². The molecule has 0 spiro atoms. The van der Waals surface area contributed by atoms with Crippen LogP contribution >= 0.6 is 0 Å². The van der Waals surface area contributed by atoms with Crippen molar-refractivity contribution < 1.29 is 41.7 Å². The Hall–Kier alpha value is -2.72. The summed E-state index contributed by atoms with van der Waals surface area (Å²) in [4.78, 5) is 12.5. The second-order valence-corrected chi connectivity index (χ2v) is 13.6. The lowest BCUT2D eigenvalue weighted by Gasteiger charge is -2.44. The lowest BCUT2D eigenvalue weighted by atomic mass is 9.60. The number of aliphatic hydroxyl groups is 2. The van der Waals surface area contributed by atoms with E-state index in [-0.39, 0.29) is 11.3 Å². The Labute approximate surface area is 255 Å². The molecule has 44 heavy (non-hydrogen) atoms. The topological polar surface area (TPSA) is 78.8 Å². The number of halogens is 5. The highest BCUT2D eigenvalue weighted by atomic mass is 19.2. The molecule has 242 valence electrons. The molecule has 1 aromatic rings. The minimum absolute atomic E-state index is 0.0973. The molecule has 1 aromatic carbocycles. The van der Waals surface area contributed by atoms with Crippen LogP contribution in [0.15, 0.2) is 35.5 Å². The zero-order chi connectivity index (χ0) is 31.9. The average molecular weight is 624 g/mol. The van der Waals surface area contributed by atoms with Crippen LogP contribution in [0.4, 0.5) is 32.4 Å². The summed E-state index contributed by atoms with van der Waals surface area (Å²) >= 11 is 0. The quantitative estimate of drug-likeness (QED) is 0.155.